The molecular weight excluding hydrogens is 349 g/mol. The van der Waals surface area contributed by atoms with Crippen LogP contribution in [0, 0.1) is 5.92 Å². The first kappa shape index (κ1) is 17.1. The summed E-state index contributed by atoms with van der Waals surface area (Å²) in [5.41, 5.74) is 2.54. The van der Waals surface area contributed by atoms with Crippen LogP contribution in [0.5, 0.6) is 0 Å². The van der Waals surface area contributed by atoms with Crippen LogP contribution in [0.3, 0.4) is 0 Å². The first-order valence-corrected chi connectivity index (χ1v) is 9.43. The van der Waals surface area contributed by atoms with Crippen LogP contribution in [0.4, 0.5) is 0 Å². The zero-order valence-corrected chi connectivity index (χ0v) is 16.1. The summed E-state index contributed by atoms with van der Waals surface area (Å²) >= 11 is 13.8. The number of rotatable bonds is 4. The lowest BCUT2D eigenvalue weighted by Gasteiger charge is -2.19. The molecule has 6 heteroatoms. The summed E-state index contributed by atoms with van der Waals surface area (Å²) in [6.45, 7) is 6.64. The molecule has 0 radical (unpaired) electrons. The summed E-state index contributed by atoms with van der Waals surface area (Å²) in [6.07, 6.45) is 0.863. The van der Waals surface area contributed by atoms with Gasteiger partial charge in [-0.15, -0.1) is 33.4 Å². The lowest BCUT2D eigenvalue weighted by molar-refractivity contribution is 0.590. The molecule has 1 aliphatic carbocycles. The highest BCUT2D eigenvalue weighted by molar-refractivity contribution is 7.99. The molecule has 1 aromatic carbocycles. The van der Waals surface area contributed by atoms with E-state index in [2.05, 4.69) is 55.2 Å². The van der Waals surface area contributed by atoms with Crippen molar-refractivity contribution >= 4 is 35.0 Å². The van der Waals surface area contributed by atoms with Crippen molar-refractivity contribution in [3.8, 4) is 11.4 Å². The molecule has 1 aliphatic rings. The van der Waals surface area contributed by atoms with E-state index in [4.69, 9.17) is 23.2 Å². The highest BCUT2D eigenvalue weighted by Gasteiger charge is 2.51. The molecule has 1 heterocycles. The van der Waals surface area contributed by atoms with Crippen molar-refractivity contribution < 1.29 is 0 Å². The Bertz CT molecular complexity index is 702. The Hall–Kier alpha value is -0.710. The Morgan fingerprint density at radius 1 is 1.22 bits per heavy atom. The van der Waals surface area contributed by atoms with Crippen molar-refractivity contribution in [2.75, 3.05) is 5.75 Å². The first-order chi connectivity index (χ1) is 10.7. The van der Waals surface area contributed by atoms with E-state index in [1.54, 1.807) is 11.8 Å². The molecule has 23 heavy (non-hydrogen) atoms. The number of benzene rings is 1. The highest BCUT2D eigenvalue weighted by Crippen LogP contribution is 2.54. The van der Waals surface area contributed by atoms with E-state index in [0.29, 0.717) is 5.92 Å². The number of nitrogens with zero attached hydrogens (tertiary/aromatic N) is 3. The standard InChI is InChI=1S/C17H21Cl2N3S/c1-16(2,3)12-7-5-11(6-8-12)14-20-21-15(22(14)4)23-10-13-9-17(13,18)19/h5-8,13H,9-10H2,1-4H3. The van der Waals surface area contributed by atoms with Crippen LogP contribution >= 0.6 is 35.0 Å². The predicted octanol–water partition coefficient (Wildman–Crippen LogP) is 5.07. The van der Waals surface area contributed by atoms with Gasteiger partial charge in [-0.1, -0.05) is 56.8 Å². The fourth-order valence-corrected chi connectivity index (χ4v) is 4.28. The molecule has 0 bridgehead atoms. The molecule has 0 aliphatic heterocycles. The molecule has 1 unspecified atom stereocenters. The van der Waals surface area contributed by atoms with Gasteiger partial charge in [-0.3, -0.25) is 0 Å². The second kappa shape index (κ2) is 5.98. The van der Waals surface area contributed by atoms with Crippen LogP contribution < -0.4 is 0 Å². The minimum atomic E-state index is -0.531. The zero-order valence-electron chi connectivity index (χ0n) is 13.8. The molecule has 3 nitrogen and oxygen atoms in total. The Morgan fingerprint density at radius 2 is 1.83 bits per heavy atom. The second-order valence-corrected chi connectivity index (χ2v) is 9.70. The molecule has 1 aromatic heterocycles. The summed E-state index contributed by atoms with van der Waals surface area (Å²) in [6, 6.07) is 8.55. The average Bonchev–Trinajstić information content (AvgIpc) is 2.92. The third kappa shape index (κ3) is 3.70. The first-order valence-electron chi connectivity index (χ1n) is 7.69. The van der Waals surface area contributed by atoms with Crippen molar-refractivity contribution in [3.05, 3.63) is 29.8 Å². The van der Waals surface area contributed by atoms with E-state index in [1.165, 1.54) is 5.56 Å². The Balaban J connectivity index is 1.74. The van der Waals surface area contributed by atoms with Crippen molar-refractivity contribution in [3.63, 3.8) is 0 Å². The topological polar surface area (TPSA) is 30.7 Å². The molecule has 2 aromatic rings. The second-order valence-electron chi connectivity index (χ2n) is 7.17. The number of halogens is 2. The monoisotopic (exact) mass is 369 g/mol. The molecule has 0 saturated heterocycles. The van der Waals surface area contributed by atoms with Gasteiger partial charge in [0, 0.05) is 24.3 Å². The van der Waals surface area contributed by atoms with E-state index in [1.807, 2.05) is 11.6 Å². The SMILES string of the molecule is Cn1c(SCC2CC2(Cl)Cl)nnc1-c1ccc(C(C)(C)C)cc1. The van der Waals surface area contributed by atoms with Gasteiger partial charge in [0.1, 0.15) is 4.33 Å². The average molecular weight is 370 g/mol. The lowest BCUT2D eigenvalue weighted by Crippen LogP contribution is -2.10. The largest absolute Gasteiger partial charge is 0.305 e. The number of thioether (sulfide) groups is 1. The smallest absolute Gasteiger partial charge is 0.191 e. The van der Waals surface area contributed by atoms with E-state index in [9.17, 15) is 0 Å². The molecule has 1 fully saturated rings. The van der Waals surface area contributed by atoms with Crippen LogP contribution in [-0.2, 0) is 12.5 Å². The van der Waals surface area contributed by atoms with Crippen LogP contribution in [0.15, 0.2) is 29.4 Å². The zero-order chi connectivity index (χ0) is 16.8. The van der Waals surface area contributed by atoms with Gasteiger partial charge >= 0.3 is 0 Å². The quantitative estimate of drug-likeness (QED) is 0.556. The third-order valence-electron chi connectivity index (χ3n) is 4.21. The number of hydrogen-bond donors (Lipinski definition) is 0. The number of hydrogen-bond acceptors (Lipinski definition) is 3. The summed E-state index contributed by atoms with van der Waals surface area (Å²) in [5, 5.41) is 9.54. The van der Waals surface area contributed by atoms with Crippen LogP contribution in [-0.4, -0.2) is 24.9 Å². The fraction of sp³-hybridized carbons (Fsp3) is 0.529. The van der Waals surface area contributed by atoms with Gasteiger partial charge in [0.2, 0.25) is 0 Å². The van der Waals surface area contributed by atoms with Gasteiger partial charge in [-0.05, 0) is 17.4 Å². The van der Waals surface area contributed by atoms with Gasteiger partial charge in [0.15, 0.2) is 11.0 Å². The number of aromatic nitrogens is 3. The molecule has 0 amide bonds. The summed E-state index contributed by atoms with van der Waals surface area (Å²) < 4.78 is 1.50. The maximum Gasteiger partial charge on any atom is 0.191 e. The Kier molecular flexibility index (Phi) is 4.45. The molecule has 0 N–H and O–H groups in total. The lowest BCUT2D eigenvalue weighted by atomic mass is 9.87. The molecular formula is C17H21Cl2N3S. The highest BCUT2D eigenvalue weighted by atomic mass is 35.5. The van der Waals surface area contributed by atoms with Gasteiger partial charge in [0.05, 0.1) is 0 Å². The van der Waals surface area contributed by atoms with E-state index >= 15 is 0 Å². The normalized spacial score (nSPS) is 19.8. The van der Waals surface area contributed by atoms with Crippen molar-refractivity contribution in [2.24, 2.45) is 13.0 Å². The van der Waals surface area contributed by atoms with Crippen LogP contribution in [0.25, 0.3) is 11.4 Å². The van der Waals surface area contributed by atoms with E-state index < -0.39 is 4.33 Å². The fourth-order valence-electron chi connectivity index (χ4n) is 2.44. The summed E-state index contributed by atoms with van der Waals surface area (Å²) in [5.74, 6) is 2.11. The molecule has 1 atom stereocenters. The van der Waals surface area contributed by atoms with Crippen LogP contribution in [0.2, 0.25) is 0 Å². The van der Waals surface area contributed by atoms with E-state index in [-0.39, 0.29) is 5.41 Å². The maximum atomic E-state index is 6.08. The van der Waals surface area contributed by atoms with Crippen molar-refractivity contribution in [1.29, 1.82) is 0 Å². The van der Waals surface area contributed by atoms with Crippen molar-refractivity contribution in [2.45, 2.75) is 42.1 Å². The number of alkyl halides is 2. The summed E-state index contributed by atoms with van der Waals surface area (Å²) in [4.78, 5) is 0. The minimum absolute atomic E-state index is 0.152. The van der Waals surface area contributed by atoms with Gasteiger partial charge in [-0.2, -0.15) is 0 Å². The van der Waals surface area contributed by atoms with Crippen LogP contribution in [0.1, 0.15) is 32.8 Å². The van der Waals surface area contributed by atoms with Gasteiger partial charge in [-0.25, -0.2) is 0 Å². The molecule has 1 saturated carbocycles. The van der Waals surface area contributed by atoms with E-state index in [0.717, 1.165) is 28.7 Å². The molecule has 0 spiro atoms. The molecule has 124 valence electrons. The van der Waals surface area contributed by atoms with Gasteiger partial charge in [0.25, 0.3) is 0 Å². The third-order valence-corrected chi connectivity index (χ3v) is 6.32. The molecule has 3 rings (SSSR count). The predicted molar refractivity (Wildman–Crippen MR) is 98.4 cm³/mol. The maximum absolute atomic E-state index is 6.08. The summed E-state index contributed by atoms with van der Waals surface area (Å²) in [7, 11) is 2.00. The van der Waals surface area contributed by atoms with Gasteiger partial charge < -0.3 is 4.57 Å². The van der Waals surface area contributed by atoms with Crippen molar-refractivity contribution in [1.82, 2.24) is 14.8 Å². The Morgan fingerprint density at radius 3 is 2.35 bits per heavy atom. The minimum Gasteiger partial charge on any atom is -0.305 e. The Labute approximate surface area is 151 Å².